The molecule has 7 heteroatoms. The van der Waals surface area contributed by atoms with Gasteiger partial charge >= 0.3 is 0 Å². The number of imide groups is 2. The van der Waals surface area contributed by atoms with Crippen LogP contribution in [0.1, 0.15) is 61.7 Å². The highest BCUT2D eigenvalue weighted by atomic mass is 16.5. The summed E-state index contributed by atoms with van der Waals surface area (Å²) in [5, 5.41) is 0. The van der Waals surface area contributed by atoms with Crippen LogP contribution in [0.3, 0.4) is 0 Å². The lowest BCUT2D eigenvalue weighted by Crippen LogP contribution is -2.50. The molecule has 2 aliphatic heterocycles. The van der Waals surface area contributed by atoms with Crippen molar-refractivity contribution < 1.29 is 23.9 Å². The van der Waals surface area contributed by atoms with Gasteiger partial charge in [0.25, 0.3) is 23.6 Å². The van der Waals surface area contributed by atoms with Gasteiger partial charge in [-0.05, 0) is 44.5 Å². The third-order valence-corrected chi connectivity index (χ3v) is 5.40. The van der Waals surface area contributed by atoms with E-state index in [1.807, 2.05) is 0 Å². The van der Waals surface area contributed by atoms with Gasteiger partial charge in [0.1, 0.15) is 0 Å². The van der Waals surface area contributed by atoms with Crippen molar-refractivity contribution >= 4 is 23.6 Å². The standard InChI is InChI=1S/C23H22N2O5/c1-23(2,25-21(28)17-10-5-6-11-18(17)22(25)29)14-30-13-7-12-24-19(26)15-8-3-4-9-16(15)20(24)27/h3-6,8-11H,7,12-14H2,1-2H3. The summed E-state index contributed by atoms with van der Waals surface area (Å²) < 4.78 is 5.72. The summed E-state index contributed by atoms with van der Waals surface area (Å²) >= 11 is 0. The second-order valence-corrected chi connectivity index (χ2v) is 8.02. The molecule has 0 aliphatic carbocycles. The van der Waals surface area contributed by atoms with Crippen molar-refractivity contribution in [3.05, 3.63) is 70.8 Å². The molecule has 0 radical (unpaired) electrons. The van der Waals surface area contributed by atoms with E-state index in [2.05, 4.69) is 0 Å². The number of carbonyl (C=O) groups is 4. The zero-order valence-corrected chi connectivity index (χ0v) is 16.9. The molecule has 2 aromatic rings. The summed E-state index contributed by atoms with van der Waals surface area (Å²) in [6, 6.07) is 13.5. The van der Waals surface area contributed by atoms with Crippen LogP contribution in [0, 0.1) is 0 Å². The molecule has 0 spiro atoms. The van der Waals surface area contributed by atoms with Crippen LogP contribution in [-0.4, -0.2) is 58.7 Å². The first-order valence-electron chi connectivity index (χ1n) is 9.84. The molecule has 7 nitrogen and oxygen atoms in total. The molecule has 0 atom stereocenters. The molecule has 0 aromatic heterocycles. The number of rotatable bonds is 7. The number of hydrogen-bond donors (Lipinski definition) is 0. The molecule has 154 valence electrons. The van der Waals surface area contributed by atoms with E-state index in [0.717, 1.165) is 0 Å². The molecule has 0 fully saturated rings. The molecular weight excluding hydrogens is 384 g/mol. The molecule has 4 amide bonds. The Morgan fingerprint density at radius 2 is 1.17 bits per heavy atom. The van der Waals surface area contributed by atoms with Crippen molar-refractivity contribution in [2.75, 3.05) is 19.8 Å². The Labute approximate surface area is 174 Å². The minimum absolute atomic E-state index is 0.153. The fraction of sp³-hybridized carbons (Fsp3) is 0.304. The Morgan fingerprint density at radius 3 is 1.63 bits per heavy atom. The van der Waals surface area contributed by atoms with E-state index >= 15 is 0 Å². The number of nitrogens with zero attached hydrogens (tertiary/aromatic N) is 2. The lowest BCUT2D eigenvalue weighted by molar-refractivity contribution is 0.0143. The van der Waals surface area contributed by atoms with Crippen molar-refractivity contribution in [2.45, 2.75) is 25.8 Å². The molecule has 0 saturated heterocycles. The maximum absolute atomic E-state index is 12.7. The Bertz CT molecular complexity index is 989. The van der Waals surface area contributed by atoms with Crippen LogP contribution < -0.4 is 0 Å². The van der Waals surface area contributed by atoms with E-state index in [-0.39, 0.29) is 36.8 Å². The number of fused-ring (bicyclic) bond motifs is 2. The lowest BCUT2D eigenvalue weighted by atomic mass is 10.0. The van der Waals surface area contributed by atoms with Crippen molar-refractivity contribution in [2.24, 2.45) is 0 Å². The van der Waals surface area contributed by atoms with Gasteiger partial charge in [0.15, 0.2) is 0 Å². The van der Waals surface area contributed by atoms with Gasteiger partial charge in [0.05, 0.1) is 34.4 Å². The van der Waals surface area contributed by atoms with E-state index < -0.39 is 5.54 Å². The lowest BCUT2D eigenvalue weighted by Gasteiger charge is -2.33. The van der Waals surface area contributed by atoms with E-state index in [9.17, 15) is 19.2 Å². The highest BCUT2D eigenvalue weighted by Crippen LogP contribution is 2.29. The van der Waals surface area contributed by atoms with Gasteiger partial charge in [-0.25, -0.2) is 0 Å². The topological polar surface area (TPSA) is 84.0 Å². The average molecular weight is 406 g/mol. The Hall–Kier alpha value is -3.32. The van der Waals surface area contributed by atoms with Crippen LogP contribution in [0.2, 0.25) is 0 Å². The molecule has 0 unspecified atom stereocenters. The largest absolute Gasteiger partial charge is 0.379 e. The SMILES string of the molecule is CC(C)(COCCCN1C(=O)c2ccccc2C1=O)N1C(=O)c2ccccc2C1=O. The van der Waals surface area contributed by atoms with Crippen molar-refractivity contribution in [3.63, 3.8) is 0 Å². The Balaban J connectivity index is 1.30. The first-order chi connectivity index (χ1) is 14.3. The molecular formula is C23H22N2O5. The van der Waals surface area contributed by atoms with Gasteiger partial charge in [-0.3, -0.25) is 29.0 Å². The monoisotopic (exact) mass is 406 g/mol. The number of ether oxygens (including phenoxy) is 1. The summed E-state index contributed by atoms with van der Waals surface area (Å²) in [6.07, 6.45) is 0.462. The first kappa shape index (κ1) is 20.0. The quantitative estimate of drug-likeness (QED) is 0.522. The Morgan fingerprint density at radius 1 is 0.733 bits per heavy atom. The molecule has 0 saturated carbocycles. The number of carbonyl (C=O) groups excluding carboxylic acids is 4. The van der Waals surface area contributed by atoms with Crippen LogP contribution in [0.5, 0.6) is 0 Å². The molecule has 4 rings (SSSR count). The van der Waals surface area contributed by atoms with Gasteiger partial charge in [-0.1, -0.05) is 24.3 Å². The van der Waals surface area contributed by atoms with Crippen molar-refractivity contribution in [3.8, 4) is 0 Å². The van der Waals surface area contributed by atoms with E-state index in [1.165, 1.54) is 9.80 Å². The predicted octanol–water partition coefficient (Wildman–Crippen LogP) is 2.76. The van der Waals surface area contributed by atoms with E-state index in [4.69, 9.17) is 4.74 Å². The maximum Gasteiger partial charge on any atom is 0.262 e. The van der Waals surface area contributed by atoms with Gasteiger partial charge in [-0.15, -0.1) is 0 Å². The van der Waals surface area contributed by atoms with Gasteiger partial charge < -0.3 is 4.74 Å². The molecule has 0 bridgehead atoms. The third kappa shape index (κ3) is 3.21. The summed E-state index contributed by atoms with van der Waals surface area (Å²) in [6.45, 7) is 4.25. The van der Waals surface area contributed by atoms with Crippen molar-refractivity contribution in [1.29, 1.82) is 0 Å². The van der Waals surface area contributed by atoms with E-state index in [1.54, 1.807) is 62.4 Å². The summed E-state index contributed by atoms with van der Waals surface area (Å²) in [4.78, 5) is 52.5. The third-order valence-electron chi connectivity index (χ3n) is 5.40. The van der Waals surface area contributed by atoms with Crippen LogP contribution in [0.4, 0.5) is 0 Å². The predicted molar refractivity (Wildman–Crippen MR) is 108 cm³/mol. The number of amides is 4. The van der Waals surface area contributed by atoms with Crippen LogP contribution in [-0.2, 0) is 4.74 Å². The summed E-state index contributed by atoms with van der Waals surface area (Å²) in [5.41, 5.74) is 0.829. The second kappa shape index (κ2) is 7.50. The van der Waals surface area contributed by atoms with Crippen molar-refractivity contribution in [1.82, 2.24) is 9.80 Å². The van der Waals surface area contributed by atoms with Crippen LogP contribution in [0.15, 0.2) is 48.5 Å². The number of benzene rings is 2. The minimum atomic E-state index is -0.831. The highest BCUT2D eigenvalue weighted by Gasteiger charge is 2.44. The zero-order chi connectivity index (χ0) is 21.5. The maximum atomic E-state index is 12.7. The normalized spacial score (nSPS) is 15.8. The highest BCUT2D eigenvalue weighted by molar-refractivity contribution is 6.22. The first-order valence-corrected chi connectivity index (χ1v) is 9.84. The molecule has 2 heterocycles. The fourth-order valence-electron chi connectivity index (χ4n) is 3.89. The van der Waals surface area contributed by atoms with Gasteiger partial charge in [0.2, 0.25) is 0 Å². The van der Waals surface area contributed by atoms with E-state index in [0.29, 0.717) is 35.3 Å². The molecule has 0 N–H and O–H groups in total. The average Bonchev–Trinajstić information content (AvgIpc) is 3.14. The Kier molecular flexibility index (Phi) is 4.99. The minimum Gasteiger partial charge on any atom is -0.379 e. The smallest absolute Gasteiger partial charge is 0.262 e. The molecule has 2 aromatic carbocycles. The number of hydrogen-bond acceptors (Lipinski definition) is 5. The summed E-state index contributed by atoms with van der Waals surface area (Å²) in [7, 11) is 0. The fourth-order valence-corrected chi connectivity index (χ4v) is 3.89. The van der Waals surface area contributed by atoms with Crippen LogP contribution >= 0.6 is 0 Å². The second-order valence-electron chi connectivity index (χ2n) is 8.02. The van der Waals surface area contributed by atoms with Gasteiger partial charge in [0, 0.05) is 13.2 Å². The van der Waals surface area contributed by atoms with Gasteiger partial charge in [-0.2, -0.15) is 0 Å². The zero-order valence-electron chi connectivity index (χ0n) is 16.9. The molecule has 30 heavy (non-hydrogen) atoms. The van der Waals surface area contributed by atoms with Crippen LogP contribution in [0.25, 0.3) is 0 Å². The molecule has 2 aliphatic rings. The summed E-state index contributed by atoms with van der Waals surface area (Å²) in [5.74, 6) is -1.23.